The maximum Gasteiger partial charge on any atom is 0.524 e. The lowest BCUT2D eigenvalue weighted by Gasteiger charge is -2.13. The molecule has 7 heteroatoms. The molecule has 0 aliphatic carbocycles. The van der Waals surface area contributed by atoms with Gasteiger partial charge in [0, 0.05) is 19.0 Å². The average molecular weight is 223 g/mol. The molecule has 0 aliphatic heterocycles. The van der Waals surface area contributed by atoms with Gasteiger partial charge >= 0.3 is 7.82 Å². The minimum absolute atomic E-state index is 0.0438. The third-order valence-electron chi connectivity index (χ3n) is 1.31. The molecule has 0 atom stereocenters. The summed E-state index contributed by atoms with van der Waals surface area (Å²) in [6.07, 6.45) is 1.02. The first-order valence-corrected chi connectivity index (χ1v) is 5.47. The zero-order valence-electron chi connectivity index (χ0n) is 8.22. The Labute approximate surface area is 82.2 Å². The number of amides is 1. The second kappa shape index (κ2) is 5.14. The molecule has 0 heterocycles. The molecule has 0 spiro atoms. The molecule has 0 aromatic rings. The number of phosphoric ester groups is 1. The van der Waals surface area contributed by atoms with E-state index >= 15 is 0 Å². The number of carbonyl (C=O) groups excluding carboxylic acids is 1. The average Bonchev–Trinajstić information content (AvgIpc) is 2.00. The SMILES string of the molecule is CNC(=O)C=C(OP(=O)(O)O)C(C)C. The number of allylic oxidation sites excluding steroid dienone is 1. The van der Waals surface area contributed by atoms with Gasteiger partial charge in [-0.1, -0.05) is 13.8 Å². The lowest BCUT2D eigenvalue weighted by atomic mass is 10.1. The van der Waals surface area contributed by atoms with Gasteiger partial charge in [0.2, 0.25) is 5.91 Å². The first-order chi connectivity index (χ1) is 6.26. The highest BCUT2D eigenvalue weighted by Crippen LogP contribution is 2.40. The van der Waals surface area contributed by atoms with Gasteiger partial charge in [-0.25, -0.2) is 4.57 Å². The summed E-state index contributed by atoms with van der Waals surface area (Å²) in [6, 6.07) is 0. The second-order valence-electron chi connectivity index (χ2n) is 2.90. The lowest BCUT2D eigenvalue weighted by Crippen LogP contribution is -2.16. The highest BCUT2D eigenvalue weighted by atomic mass is 31.2. The van der Waals surface area contributed by atoms with Crippen LogP contribution in [0.15, 0.2) is 11.8 Å². The van der Waals surface area contributed by atoms with Crippen molar-refractivity contribution in [2.45, 2.75) is 13.8 Å². The van der Waals surface area contributed by atoms with Gasteiger partial charge in [0.05, 0.1) is 0 Å². The van der Waals surface area contributed by atoms with Crippen LogP contribution in [0.3, 0.4) is 0 Å². The molecule has 0 aliphatic rings. The van der Waals surface area contributed by atoms with Crippen molar-refractivity contribution in [1.82, 2.24) is 5.32 Å². The quantitative estimate of drug-likeness (QED) is 0.364. The van der Waals surface area contributed by atoms with E-state index in [1.165, 1.54) is 7.05 Å². The van der Waals surface area contributed by atoms with Crippen molar-refractivity contribution in [3.8, 4) is 0 Å². The van der Waals surface area contributed by atoms with Gasteiger partial charge < -0.3 is 9.84 Å². The molecule has 0 unspecified atom stereocenters. The Morgan fingerprint density at radius 1 is 1.50 bits per heavy atom. The maximum absolute atomic E-state index is 10.9. The van der Waals surface area contributed by atoms with Crippen LogP contribution in [-0.2, 0) is 13.9 Å². The number of phosphoric acid groups is 1. The van der Waals surface area contributed by atoms with Gasteiger partial charge in [0.1, 0.15) is 5.76 Å². The number of rotatable bonds is 4. The molecule has 6 nitrogen and oxygen atoms in total. The number of nitrogens with one attached hydrogen (secondary N) is 1. The van der Waals surface area contributed by atoms with Crippen LogP contribution < -0.4 is 5.32 Å². The van der Waals surface area contributed by atoms with Crippen LogP contribution in [0.2, 0.25) is 0 Å². The molecule has 0 aromatic carbocycles. The summed E-state index contributed by atoms with van der Waals surface area (Å²) >= 11 is 0. The zero-order valence-corrected chi connectivity index (χ0v) is 9.12. The summed E-state index contributed by atoms with van der Waals surface area (Å²) in [4.78, 5) is 28.0. The van der Waals surface area contributed by atoms with Crippen molar-refractivity contribution >= 4 is 13.7 Å². The molecular formula is C7H14NO5P. The summed E-state index contributed by atoms with van der Waals surface area (Å²) in [5, 5.41) is 2.29. The summed E-state index contributed by atoms with van der Waals surface area (Å²) in [6.45, 7) is 3.31. The Morgan fingerprint density at radius 3 is 2.29 bits per heavy atom. The molecule has 0 saturated heterocycles. The van der Waals surface area contributed by atoms with E-state index in [1.807, 2.05) is 0 Å². The van der Waals surface area contributed by atoms with E-state index in [0.29, 0.717) is 0 Å². The van der Waals surface area contributed by atoms with E-state index < -0.39 is 13.7 Å². The Bertz CT molecular complexity index is 280. The van der Waals surface area contributed by atoms with Crippen LogP contribution in [0, 0.1) is 5.92 Å². The fourth-order valence-electron chi connectivity index (χ4n) is 0.637. The van der Waals surface area contributed by atoms with Crippen molar-refractivity contribution in [2.75, 3.05) is 7.05 Å². The zero-order chi connectivity index (χ0) is 11.4. The fourth-order valence-corrected chi connectivity index (χ4v) is 1.18. The molecule has 0 bridgehead atoms. The van der Waals surface area contributed by atoms with Crippen LogP contribution in [0.1, 0.15) is 13.8 Å². The van der Waals surface area contributed by atoms with Gasteiger partial charge in [0.15, 0.2) is 0 Å². The van der Waals surface area contributed by atoms with Crippen LogP contribution >= 0.6 is 7.82 Å². The molecular weight excluding hydrogens is 209 g/mol. The molecule has 0 aromatic heterocycles. The Kier molecular flexibility index (Phi) is 4.83. The largest absolute Gasteiger partial charge is 0.524 e. The van der Waals surface area contributed by atoms with Crippen LogP contribution in [0.25, 0.3) is 0 Å². The van der Waals surface area contributed by atoms with Crippen molar-refractivity contribution in [3.05, 3.63) is 11.8 Å². The van der Waals surface area contributed by atoms with Crippen molar-refractivity contribution in [3.63, 3.8) is 0 Å². The van der Waals surface area contributed by atoms with E-state index in [4.69, 9.17) is 9.79 Å². The molecule has 3 N–H and O–H groups in total. The molecule has 0 radical (unpaired) electrons. The van der Waals surface area contributed by atoms with Gasteiger partial charge in [-0.15, -0.1) is 0 Å². The molecule has 0 rings (SSSR count). The predicted octanol–water partition coefficient (Wildman–Crippen LogP) is 0.382. The summed E-state index contributed by atoms with van der Waals surface area (Å²) in [7, 11) is -3.18. The minimum atomic E-state index is -4.59. The van der Waals surface area contributed by atoms with Gasteiger partial charge in [-0.3, -0.25) is 14.6 Å². The van der Waals surface area contributed by atoms with Gasteiger partial charge in [-0.2, -0.15) is 0 Å². The third-order valence-corrected chi connectivity index (χ3v) is 1.76. The number of hydrogen-bond donors (Lipinski definition) is 3. The summed E-state index contributed by atoms with van der Waals surface area (Å²) in [5.74, 6) is -0.792. The highest BCUT2D eigenvalue weighted by molar-refractivity contribution is 7.46. The topological polar surface area (TPSA) is 95.9 Å². The van der Waals surface area contributed by atoms with E-state index in [0.717, 1.165) is 6.08 Å². The number of carbonyl (C=O) groups is 1. The van der Waals surface area contributed by atoms with Crippen molar-refractivity contribution < 1.29 is 23.7 Å². The van der Waals surface area contributed by atoms with Gasteiger partial charge in [0.25, 0.3) is 0 Å². The normalized spacial score (nSPS) is 12.9. The molecule has 0 fully saturated rings. The Hall–Kier alpha value is -0.840. The lowest BCUT2D eigenvalue weighted by molar-refractivity contribution is -0.116. The Morgan fingerprint density at radius 2 is 2.00 bits per heavy atom. The standard InChI is InChI=1S/C7H14NO5P/c1-5(2)6(4-7(9)8-3)13-14(10,11)12/h4-5H,1-3H3,(H,8,9)(H2,10,11,12). The molecule has 0 saturated carbocycles. The minimum Gasteiger partial charge on any atom is -0.408 e. The number of hydrogen-bond acceptors (Lipinski definition) is 3. The van der Waals surface area contributed by atoms with E-state index in [9.17, 15) is 9.36 Å². The van der Waals surface area contributed by atoms with E-state index in [2.05, 4.69) is 9.84 Å². The molecule has 14 heavy (non-hydrogen) atoms. The Balaban J connectivity index is 4.70. The molecule has 82 valence electrons. The smallest absolute Gasteiger partial charge is 0.408 e. The molecule has 1 amide bonds. The van der Waals surface area contributed by atoms with Crippen molar-refractivity contribution in [1.29, 1.82) is 0 Å². The van der Waals surface area contributed by atoms with Crippen molar-refractivity contribution in [2.24, 2.45) is 5.92 Å². The monoisotopic (exact) mass is 223 g/mol. The highest BCUT2D eigenvalue weighted by Gasteiger charge is 2.20. The maximum atomic E-state index is 10.9. The van der Waals surface area contributed by atoms with E-state index in [1.54, 1.807) is 13.8 Å². The summed E-state index contributed by atoms with van der Waals surface area (Å²) < 4.78 is 14.9. The first kappa shape index (κ1) is 13.2. The first-order valence-electron chi connectivity index (χ1n) is 3.94. The van der Waals surface area contributed by atoms with Gasteiger partial charge in [-0.05, 0) is 0 Å². The summed E-state index contributed by atoms with van der Waals surface area (Å²) in [5.41, 5.74) is 0. The van der Waals surface area contributed by atoms with Crippen LogP contribution in [-0.4, -0.2) is 22.7 Å². The van der Waals surface area contributed by atoms with Crippen LogP contribution in [0.5, 0.6) is 0 Å². The van der Waals surface area contributed by atoms with Crippen LogP contribution in [0.4, 0.5) is 0 Å². The second-order valence-corrected chi connectivity index (χ2v) is 4.06. The predicted molar refractivity (Wildman–Crippen MR) is 50.1 cm³/mol. The van der Waals surface area contributed by atoms with E-state index in [-0.39, 0.29) is 11.7 Å². The fraction of sp³-hybridized carbons (Fsp3) is 0.571. The third kappa shape index (κ3) is 5.75. The number of likely N-dealkylation sites (N-methyl/N-ethyl adjacent to an activating group) is 1.